The molecule has 0 bridgehead atoms. The number of benzene rings is 3. The molecule has 0 aliphatic heterocycles. The zero-order valence-corrected chi connectivity index (χ0v) is 14.4. The molecule has 3 aromatic carbocycles. The minimum absolute atomic E-state index is 0.00938. The summed E-state index contributed by atoms with van der Waals surface area (Å²) in [5, 5.41) is 5.59. The van der Waals surface area contributed by atoms with Crippen LogP contribution in [-0.2, 0) is 12.6 Å². The molecular formula is C22H22F3N. The third-order valence-corrected chi connectivity index (χ3v) is 4.30. The van der Waals surface area contributed by atoms with E-state index in [1.54, 1.807) is 0 Å². The summed E-state index contributed by atoms with van der Waals surface area (Å²) in [7, 11) is 0. The van der Waals surface area contributed by atoms with Crippen molar-refractivity contribution in [3.05, 3.63) is 83.3 Å². The molecule has 0 unspecified atom stereocenters. The normalized spacial score (nSPS) is 15.2. The summed E-state index contributed by atoms with van der Waals surface area (Å²) in [6.07, 6.45) is -4.43. The predicted molar refractivity (Wildman–Crippen MR) is 100 cm³/mol. The van der Waals surface area contributed by atoms with Crippen LogP contribution in [0, 0.1) is 0 Å². The molecule has 3 rings (SSSR count). The van der Waals surface area contributed by atoms with Crippen LogP contribution in [0.5, 0.6) is 0 Å². The van der Waals surface area contributed by atoms with Crippen molar-refractivity contribution in [2.45, 2.75) is 32.0 Å². The van der Waals surface area contributed by atoms with Crippen molar-refractivity contribution in [2.75, 3.05) is 6.54 Å². The van der Waals surface area contributed by atoms with E-state index in [0.717, 1.165) is 16.3 Å². The van der Waals surface area contributed by atoms with E-state index in [2.05, 4.69) is 5.32 Å². The first-order chi connectivity index (χ1) is 14.1. The third kappa shape index (κ3) is 4.44. The van der Waals surface area contributed by atoms with E-state index in [0.29, 0.717) is 13.0 Å². The van der Waals surface area contributed by atoms with Crippen molar-refractivity contribution in [1.29, 1.82) is 0 Å². The fourth-order valence-electron chi connectivity index (χ4n) is 2.97. The third-order valence-electron chi connectivity index (χ3n) is 4.30. The second kappa shape index (κ2) is 7.92. The average Bonchev–Trinajstić information content (AvgIpc) is 2.70. The van der Waals surface area contributed by atoms with Gasteiger partial charge in [0.05, 0.1) is 11.0 Å². The van der Waals surface area contributed by atoms with Crippen LogP contribution in [0.2, 0.25) is 0 Å². The molecule has 26 heavy (non-hydrogen) atoms. The Labute approximate surface area is 157 Å². The van der Waals surface area contributed by atoms with Crippen molar-refractivity contribution in [3.63, 3.8) is 0 Å². The molecule has 0 saturated heterocycles. The minimum Gasteiger partial charge on any atom is -0.310 e. The van der Waals surface area contributed by atoms with Gasteiger partial charge >= 0.3 is 6.18 Å². The van der Waals surface area contributed by atoms with Gasteiger partial charge in [-0.2, -0.15) is 13.2 Å². The van der Waals surface area contributed by atoms with E-state index >= 15 is 0 Å². The van der Waals surface area contributed by atoms with Gasteiger partial charge in [0.1, 0.15) is 0 Å². The SMILES string of the molecule is [2H]c1c([2H])c(CCCN[C@H](C)c2cccc3ccccc23)c([2H])c(C(F)(F)F)c1[2H]. The highest BCUT2D eigenvalue weighted by Gasteiger charge is 2.30. The monoisotopic (exact) mass is 361 g/mol. The number of hydrogen-bond donors (Lipinski definition) is 1. The van der Waals surface area contributed by atoms with E-state index in [4.69, 9.17) is 5.48 Å². The molecule has 136 valence electrons. The Morgan fingerprint density at radius 3 is 2.65 bits per heavy atom. The van der Waals surface area contributed by atoms with Gasteiger partial charge in [-0.1, -0.05) is 60.6 Å². The van der Waals surface area contributed by atoms with Crippen molar-refractivity contribution in [3.8, 4) is 0 Å². The number of rotatable bonds is 6. The number of nitrogens with one attached hydrogen (secondary N) is 1. The van der Waals surface area contributed by atoms with E-state index in [-0.39, 0.29) is 18.0 Å². The van der Waals surface area contributed by atoms with Gasteiger partial charge in [0, 0.05) is 6.04 Å². The van der Waals surface area contributed by atoms with Crippen molar-refractivity contribution >= 4 is 10.8 Å². The Hall–Kier alpha value is -2.33. The minimum atomic E-state index is -4.90. The molecule has 3 aromatic rings. The van der Waals surface area contributed by atoms with E-state index in [1.165, 1.54) is 0 Å². The van der Waals surface area contributed by atoms with Crippen molar-refractivity contribution < 1.29 is 18.7 Å². The summed E-state index contributed by atoms with van der Waals surface area (Å²) in [5.74, 6) is 0. The molecule has 0 aliphatic carbocycles. The highest BCUT2D eigenvalue weighted by molar-refractivity contribution is 5.86. The Balaban J connectivity index is 1.72. The number of halogens is 3. The quantitative estimate of drug-likeness (QED) is 0.520. The highest BCUT2D eigenvalue weighted by Crippen LogP contribution is 2.29. The van der Waals surface area contributed by atoms with E-state index in [1.807, 2.05) is 49.4 Å². The molecule has 0 aliphatic rings. The van der Waals surface area contributed by atoms with Gasteiger partial charge in [-0.15, -0.1) is 0 Å². The molecule has 0 amide bonds. The summed E-state index contributed by atoms with van der Waals surface area (Å²) >= 11 is 0. The maximum absolute atomic E-state index is 13.2. The van der Waals surface area contributed by atoms with Gasteiger partial charge < -0.3 is 5.32 Å². The number of alkyl halides is 3. The van der Waals surface area contributed by atoms with Gasteiger partial charge in [-0.3, -0.25) is 0 Å². The Morgan fingerprint density at radius 1 is 1.08 bits per heavy atom. The van der Waals surface area contributed by atoms with Crippen LogP contribution in [0.1, 0.15) is 41.6 Å². The summed E-state index contributed by atoms with van der Waals surface area (Å²) < 4.78 is 70.6. The fourth-order valence-corrected chi connectivity index (χ4v) is 2.97. The number of fused-ring (bicyclic) bond motifs is 1. The lowest BCUT2D eigenvalue weighted by molar-refractivity contribution is -0.137. The maximum atomic E-state index is 13.2. The van der Waals surface area contributed by atoms with Gasteiger partial charge in [0.15, 0.2) is 0 Å². The highest BCUT2D eigenvalue weighted by atomic mass is 19.4. The maximum Gasteiger partial charge on any atom is 0.416 e. The first-order valence-corrected chi connectivity index (χ1v) is 8.50. The van der Waals surface area contributed by atoms with Gasteiger partial charge in [0.2, 0.25) is 0 Å². The van der Waals surface area contributed by atoms with Crippen LogP contribution in [0.3, 0.4) is 0 Å². The summed E-state index contributed by atoms with van der Waals surface area (Å²) in [6.45, 7) is 2.48. The number of hydrogen-bond acceptors (Lipinski definition) is 1. The summed E-state index contributed by atoms with van der Waals surface area (Å²) in [6, 6.07) is 10.8. The van der Waals surface area contributed by atoms with Crippen LogP contribution in [-0.4, -0.2) is 6.54 Å². The van der Waals surface area contributed by atoms with Gasteiger partial charge in [-0.25, -0.2) is 0 Å². The molecule has 1 atom stereocenters. The van der Waals surface area contributed by atoms with Gasteiger partial charge in [-0.05, 0) is 54.3 Å². The first-order valence-electron chi connectivity index (χ1n) is 10.5. The second-order valence-corrected chi connectivity index (χ2v) is 6.20. The Morgan fingerprint density at radius 2 is 1.85 bits per heavy atom. The molecule has 4 heteroatoms. The molecule has 0 radical (unpaired) electrons. The lowest BCUT2D eigenvalue weighted by Gasteiger charge is -2.17. The smallest absolute Gasteiger partial charge is 0.310 e. The molecule has 1 N–H and O–H groups in total. The van der Waals surface area contributed by atoms with Crippen LogP contribution in [0.4, 0.5) is 13.2 Å². The van der Waals surface area contributed by atoms with Crippen LogP contribution >= 0.6 is 0 Å². The first kappa shape index (κ1) is 13.8. The zero-order valence-electron chi connectivity index (χ0n) is 18.4. The van der Waals surface area contributed by atoms with Crippen molar-refractivity contribution in [2.24, 2.45) is 0 Å². The Bertz CT molecular complexity index is 1060. The summed E-state index contributed by atoms with van der Waals surface area (Å²) in [5.41, 5.74) is -0.458. The van der Waals surface area contributed by atoms with Crippen LogP contribution in [0.15, 0.2) is 66.6 Å². The van der Waals surface area contributed by atoms with E-state index in [9.17, 15) is 13.2 Å². The zero-order chi connectivity index (χ0) is 22.1. The standard InChI is InChI=1S/C22H22F3N/c1-16(20-13-5-10-18-9-2-3-12-21(18)20)26-14-6-8-17-7-4-11-19(15-17)22(23,24)25/h2-5,7,9-13,15-16,26H,6,8,14H2,1H3/t16-/m1/s1/i4D,7D,11D,15D. The lowest BCUT2D eigenvalue weighted by Crippen LogP contribution is -2.20. The van der Waals surface area contributed by atoms with Crippen molar-refractivity contribution in [1.82, 2.24) is 5.32 Å². The molecular weight excluding hydrogens is 335 g/mol. The topological polar surface area (TPSA) is 12.0 Å². The largest absolute Gasteiger partial charge is 0.416 e. The van der Waals surface area contributed by atoms with Gasteiger partial charge in [0.25, 0.3) is 0 Å². The lowest BCUT2D eigenvalue weighted by atomic mass is 9.99. The molecule has 0 aromatic heterocycles. The molecule has 0 heterocycles. The fraction of sp³-hybridized carbons (Fsp3) is 0.273. The predicted octanol–water partition coefficient (Wildman–Crippen LogP) is 6.14. The molecule has 0 saturated carbocycles. The summed E-state index contributed by atoms with van der Waals surface area (Å²) in [4.78, 5) is 0. The van der Waals surface area contributed by atoms with Crippen LogP contribution < -0.4 is 5.32 Å². The van der Waals surface area contributed by atoms with E-state index < -0.39 is 35.9 Å². The Kier molecular flexibility index (Phi) is 4.21. The molecule has 1 nitrogen and oxygen atoms in total. The molecule has 0 spiro atoms. The second-order valence-electron chi connectivity index (χ2n) is 6.20. The van der Waals surface area contributed by atoms with Crippen LogP contribution in [0.25, 0.3) is 10.8 Å². The molecule has 0 fully saturated rings. The average molecular weight is 361 g/mol.